The fourth-order valence-corrected chi connectivity index (χ4v) is 4.84. The molecule has 4 aliphatic carbocycles. The van der Waals surface area contributed by atoms with Gasteiger partial charge in [-0.25, -0.2) is 17.6 Å². The third kappa shape index (κ3) is 1.68. The summed E-state index contributed by atoms with van der Waals surface area (Å²) in [7, 11) is 0. The molecule has 4 saturated carbocycles. The minimum Gasteiger partial charge on any atom is -0.383 e. The number of aliphatic hydroxyl groups is 2. The average Bonchev–Trinajstić information content (AvgIpc) is 2.33. The summed E-state index contributed by atoms with van der Waals surface area (Å²) in [6, 6.07) is 0. The van der Waals surface area contributed by atoms with Crippen molar-refractivity contribution in [3.8, 4) is 0 Å². The van der Waals surface area contributed by atoms with Crippen molar-refractivity contribution in [3.63, 3.8) is 0 Å². The number of aliphatic hydroxyl groups excluding tert-OH is 1. The molecule has 19 heavy (non-hydrogen) atoms. The molecule has 4 bridgehead atoms. The third-order valence-corrected chi connectivity index (χ3v) is 5.53. The van der Waals surface area contributed by atoms with Gasteiger partial charge in [0.1, 0.15) is 5.60 Å². The molecule has 2 nitrogen and oxygen atoms in total. The predicted octanol–water partition coefficient (Wildman–Crippen LogP) is 2.43. The number of alkyl halides is 4. The van der Waals surface area contributed by atoms with Crippen LogP contribution in [0, 0.1) is 23.7 Å². The lowest BCUT2D eigenvalue weighted by Gasteiger charge is -2.61. The zero-order chi connectivity index (χ0) is 14.0. The SMILES string of the molecule is OC(C(F)F)C(F)(F)C1(O)C2CC3CC(C2)CC1C3. The second-order valence-electron chi connectivity index (χ2n) is 6.53. The first kappa shape index (κ1) is 13.6. The molecule has 0 amide bonds. The molecule has 4 fully saturated rings. The molecular weight excluding hydrogens is 264 g/mol. The maximum absolute atomic E-state index is 14.2. The van der Waals surface area contributed by atoms with Gasteiger partial charge in [-0.2, -0.15) is 0 Å². The number of halogens is 4. The minimum atomic E-state index is -4.15. The minimum absolute atomic E-state index is 0.335. The molecule has 0 radical (unpaired) electrons. The second-order valence-corrected chi connectivity index (χ2v) is 6.53. The van der Waals surface area contributed by atoms with Crippen LogP contribution in [-0.2, 0) is 0 Å². The van der Waals surface area contributed by atoms with Crippen molar-refractivity contribution in [2.24, 2.45) is 23.7 Å². The average molecular weight is 282 g/mol. The molecule has 0 aliphatic heterocycles. The van der Waals surface area contributed by atoms with E-state index in [9.17, 15) is 22.7 Å². The van der Waals surface area contributed by atoms with Gasteiger partial charge in [0.25, 0.3) is 6.43 Å². The Kier molecular flexibility index (Phi) is 2.92. The van der Waals surface area contributed by atoms with Crippen molar-refractivity contribution in [1.82, 2.24) is 0 Å². The summed E-state index contributed by atoms with van der Waals surface area (Å²) in [5.41, 5.74) is -2.46. The molecule has 0 aromatic heterocycles. The maximum atomic E-state index is 14.2. The van der Waals surface area contributed by atoms with E-state index in [0.29, 0.717) is 37.5 Å². The van der Waals surface area contributed by atoms with Crippen molar-refractivity contribution in [1.29, 1.82) is 0 Å². The summed E-state index contributed by atoms with van der Waals surface area (Å²) in [6.45, 7) is 0. The Labute approximate surface area is 108 Å². The number of rotatable bonds is 3. The van der Waals surface area contributed by atoms with Crippen LogP contribution in [0.25, 0.3) is 0 Å². The lowest BCUT2D eigenvalue weighted by molar-refractivity contribution is -0.320. The van der Waals surface area contributed by atoms with Crippen LogP contribution < -0.4 is 0 Å². The molecule has 1 atom stereocenters. The van der Waals surface area contributed by atoms with Crippen LogP contribution in [0.15, 0.2) is 0 Å². The lowest BCUT2D eigenvalue weighted by Crippen LogP contribution is -2.70. The topological polar surface area (TPSA) is 40.5 Å². The smallest absolute Gasteiger partial charge is 0.307 e. The van der Waals surface area contributed by atoms with E-state index in [1.807, 2.05) is 0 Å². The first-order chi connectivity index (χ1) is 8.76. The van der Waals surface area contributed by atoms with E-state index in [0.717, 1.165) is 6.42 Å². The van der Waals surface area contributed by atoms with Crippen molar-refractivity contribution in [3.05, 3.63) is 0 Å². The van der Waals surface area contributed by atoms with Gasteiger partial charge >= 0.3 is 5.92 Å². The van der Waals surface area contributed by atoms with E-state index in [-0.39, 0.29) is 0 Å². The van der Waals surface area contributed by atoms with Crippen molar-refractivity contribution in [2.75, 3.05) is 0 Å². The first-order valence-electron chi connectivity index (χ1n) is 6.83. The summed E-state index contributed by atoms with van der Waals surface area (Å²) < 4.78 is 53.4. The van der Waals surface area contributed by atoms with Gasteiger partial charge in [-0.1, -0.05) is 0 Å². The van der Waals surface area contributed by atoms with E-state index in [2.05, 4.69) is 0 Å². The van der Waals surface area contributed by atoms with E-state index in [1.54, 1.807) is 0 Å². The summed E-state index contributed by atoms with van der Waals surface area (Å²) in [5.74, 6) is -4.80. The highest BCUT2D eigenvalue weighted by Gasteiger charge is 2.70. The van der Waals surface area contributed by atoms with Gasteiger partial charge in [-0.05, 0) is 55.8 Å². The monoisotopic (exact) mass is 282 g/mol. The number of hydrogen-bond donors (Lipinski definition) is 2. The predicted molar refractivity (Wildman–Crippen MR) is 59.0 cm³/mol. The highest BCUT2D eigenvalue weighted by atomic mass is 19.3. The lowest BCUT2D eigenvalue weighted by atomic mass is 9.48. The molecule has 1 unspecified atom stereocenters. The van der Waals surface area contributed by atoms with E-state index >= 15 is 0 Å². The molecule has 0 heterocycles. The third-order valence-electron chi connectivity index (χ3n) is 5.53. The van der Waals surface area contributed by atoms with Crippen LogP contribution in [0.4, 0.5) is 17.6 Å². The Balaban J connectivity index is 1.94. The zero-order valence-corrected chi connectivity index (χ0v) is 10.4. The quantitative estimate of drug-likeness (QED) is 0.781. The van der Waals surface area contributed by atoms with E-state index in [1.165, 1.54) is 0 Å². The Bertz CT molecular complexity index is 344. The van der Waals surface area contributed by atoms with Crippen LogP contribution in [0.3, 0.4) is 0 Å². The Hall–Kier alpha value is -0.360. The summed E-state index contributed by atoms with van der Waals surface area (Å²) in [4.78, 5) is 0. The Morgan fingerprint density at radius 2 is 1.37 bits per heavy atom. The molecule has 6 heteroatoms. The van der Waals surface area contributed by atoms with Crippen molar-refractivity contribution < 1.29 is 27.8 Å². The molecule has 0 aromatic rings. The molecule has 0 saturated heterocycles. The van der Waals surface area contributed by atoms with E-state index in [4.69, 9.17) is 5.11 Å². The molecule has 0 aromatic carbocycles. The van der Waals surface area contributed by atoms with Crippen LogP contribution in [0.1, 0.15) is 32.1 Å². The fraction of sp³-hybridized carbons (Fsp3) is 1.00. The fourth-order valence-electron chi connectivity index (χ4n) is 4.84. The van der Waals surface area contributed by atoms with Gasteiger partial charge in [0, 0.05) is 0 Å². The molecule has 4 rings (SSSR count). The Morgan fingerprint density at radius 3 is 1.74 bits per heavy atom. The molecule has 0 spiro atoms. The van der Waals surface area contributed by atoms with Gasteiger partial charge in [0.15, 0.2) is 6.10 Å². The van der Waals surface area contributed by atoms with Crippen molar-refractivity contribution in [2.45, 2.75) is 56.2 Å². The molecule has 2 N–H and O–H groups in total. The molecule has 4 aliphatic rings. The summed E-state index contributed by atoms with van der Waals surface area (Å²) in [5, 5.41) is 19.6. The van der Waals surface area contributed by atoms with Crippen LogP contribution >= 0.6 is 0 Å². The highest BCUT2D eigenvalue weighted by molar-refractivity contribution is 5.14. The van der Waals surface area contributed by atoms with Gasteiger partial charge in [0.2, 0.25) is 0 Å². The van der Waals surface area contributed by atoms with E-state index < -0.39 is 35.9 Å². The Morgan fingerprint density at radius 1 is 0.947 bits per heavy atom. The molecule has 110 valence electrons. The van der Waals surface area contributed by atoms with Gasteiger partial charge < -0.3 is 10.2 Å². The normalized spacial score (nSPS) is 46.9. The molecular formula is C13H18F4O2. The summed E-state index contributed by atoms with van der Waals surface area (Å²) >= 11 is 0. The van der Waals surface area contributed by atoms with Gasteiger partial charge in [-0.3, -0.25) is 0 Å². The van der Waals surface area contributed by atoms with Crippen molar-refractivity contribution >= 4 is 0 Å². The summed E-state index contributed by atoms with van der Waals surface area (Å²) in [6.07, 6.45) is -3.76. The first-order valence-corrected chi connectivity index (χ1v) is 6.83. The largest absolute Gasteiger partial charge is 0.383 e. The highest BCUT2D eigenvalue weighted by Crippen LogP contribution is 2.62. The zero-order valence-electron chi connectivity index (χ0n) is 10.4. The standard InChI is InChI=1S/C13H18F4O2/c14-11(15)10(18)13(16,17)12(19)8-2-6-1-7(4-8)5-9(12)3-6/h6-11,18-19H,1-5H2. The second kappa shape index (κ2) is 4.07. The van der Waals surface area contributed by atoms with Crippen LogP contribution in [-0.4, -0.2) is 34.3 Å². The van der Waals surface area contributed by atoms with Crippen LogP contribution in [0.2, 0.25) is 0 Å². The number of hydrogen-bond acceptors (Lipinski definition) is 2. The van der Waals surface area contributed by atoms with Gasteiger partial charge in [0.05, 0.1) is 0 Å². The van der Waals surface area contributed by atoms with Crippen LogP contribution in [0.5, 0.6) is 0 Å². The maximum Gasteiger partial charge on any atom is 0.307 e. The van der Waals surface area contributed by atoms with Gasteiger partial charge in [-0.15, -0.1) is 0 Å².